The van der Waals surface area contributed by atoms with Crippen LogP contribution >= 0.6 is 0 Å². The molecule has 152 valence electrons. The maximum atomic E-state index is 12.5. The largest absolute Gasteiger partial charge is 0.493 e. The Morgan fingerprint density at radius 3 is 2.62 bits per heavy atom. The number of ether oxygens (including phenoxy) is 2. The number of rotatable bonds is 6. The summed E-state index contributed by atoms with van der Waals surface area (Å²) in [5.74, 6) is -0.0930. The lowest BCUT2D eigenvalue weighted by atomic mass is 10.1. The van der Waals surface area contributed by atoms with E-state index in [4.69, 9.17) is 9.47 Å². The van der Waals surface area contributed by atoms with Crippen LogP contribution in [-0.2, 0) is 27.6 Å². The number of carbonyl (C=O) groups excluding carboxylic acids is 2. The minimum atomic E-state index is -3.33. The zero-order chi connectivity index (χ0) is 20.6. The van der Waals surface area contributed by atoms with Crippen LogP contribution in [-0.4, -0.2) is 45.7 Å². The summed E-state index contributed by atoms with van der Waals surface area (Å²) in [6.07, 6.45) is 1.29. The van der Waals surface area contributed by atoms with E-state index in [2.05, 4.69) is 0 Å². The van der Waals surface area contributed by atoms with Crippen molar-refractivity contribution in [2.75, 3.05) is 29.8 Å². The van der Waals surface area contributed by atoms with Crippen LogP contribution in [0, 0.1) is 0 Å². The first-order valence-corrected chi connectivity index (χ1v) is 11.1. The lowest BCUT2D eigenvalue weighted by Crippen LogP contribution is -2.30. The van der Waals surface area contributed by atoms with E-state index in [1.165, 1.54) is 4.31 Å². The number of hydrogen-bond donors (Lipinski definition) is 0. The molecule has 4 rings (SSSR count). The third kappa shape index (κ3) is 3.72. The molecule has 2 heterocycles. The average Bonchev–Trinajstić information content (AvgIpc) is 3.37. The number of anilines is 1. The Hall–Kier alpha value is -2.87. The quantitative estimate of drug-likeness (QED) is 0.532. The minimum absolute atomic E-state index is 0.0257. The standard InChI is InChI=1S/C21H21NO6S/c1-2-29(25,26)22-9-7-14-11-15(3-5-18(14)22)19(23)13-28-21(24)17-4-6-20-16(12-17)8-10-27-20/h3-6,11-12H,2,7-10,13H2,1H3. The molecule has 2 aromatic carbocycles. The molecular formula is C21H21NO6S. The predicted molar refractivity (Wildman–Crippen MR) is 107 cm³/mol. The Balaban J connectivity index is 1.42. The van der Waals surface area contributed by atoms with Crippen molar-refractivity contribution in [3.05, 3.63) is 58.7 Å². The van der Waals surface area contributed by atoms with Crippen molar-refractivity contribution in [1.29, 1.82) is 0 Å². The molecule has 2 aliphatic rings. The molecule has 2 aliphatic heterocycles. The fraction of sp³-hybridized carbons (Fsp3) is 0.333. The van der Waals surface area contributed by atoms with Gasteiger partial charge in [0.05, 0.1) is 23.6 Å². The van der Waals surface area contributed by atoms with Gasteiger partial charge in [0.25, 0.3) is 0 Å². The van der Waals surface area contributed by atoms with Gasteiger partial charge in [-0.25, -0.2) is 13.2 Å². The number of fused-ring (bicyclic) bond motifs is 2. The first-order chi connectivity index (χ1) is 13.9. The van der Waals surface area contributed by atoms with E-state index in [0.29, 0.717) is 36.4 Å². The molecule has 0 saturated heterocycles. The zero-order valence-electron chi connectivity index (χ0n) is 16.0. The number of carbonyl (C=O) groups is 2. The van der Waals surface area contributed by atoms with Crippen LogP contribution in [0.1, 0.15) is 38.8 Å². The van der Waals surface area contributed by atoms with Crippen LogP contribution in [0.15, 0.2) is 36.4 Å². The highest BCUT2D eigenvalue weighted by Crippen LogP contribution is 2.31. The number of ketones is 1. The number of esters is 1. The van der Waals surface area contributed by atoms with Crippen molar-refractivity contribution in [1.82, 2.24) is 0 Å². The van der Waals surface area contributed by atoms with Gasteiger partial charge in [-0.15, -0.1) is 0 Å². The zero-order valence-corrected chi connectivity index (χ0v) is 16.8. The van der Waals surface area contributed by atoms with Crippen LogP contribution in [0.5, 0.6) is 5.75 Å². The van der Waals surface area contributed by atoms with Crippen LogP contribution in [0.3, 0.4) is 0 Å². The van der Waals surface area contributed by atoms with Gasteiger partial charge in [-0.05, 0) is 60.9 Å². The van der Waals surface area contributed by atoms with Gasteiger partial charge in [-0.2, -0.15) is 0 Å². The molecule has 0 radical (unpaired) electrons. The first kappa shape index (κ1) is 19.4. The van der Waals surface area contributed by atoms with E-state index < -0.39 is 16.0 Å². The van der Waals surface area contributed by atoms with Crippen molar-refractivity contribution >= 4 is 27.5 Å². The second-order valence-corrected chi connectivity index (χ2v) is 9.17. The Bertz CT molecular complexity index is 1090. The Labute approximate surface area is 169 Å². The third-order valence-corrected chi connectivity index (χ3v) is 6.99. The van der Waals surface area contributed by atoms with E-state index in [1.807, 2.05) is 0 Å². The molecule has 0 aromatic heterocycles. The lowest BCUT2D eigenvalue weighted by Gasteiger charge is -2.18. The smallest absolute Gasteiger partial charge is 0.338 e. The molecule has 0 bridgehead atoms. The van der Waals surface area contributed by atoms with Crippen LogP contribution in [0.4, 0.5) is 5.69 Å². The molecule has 8 heteroatoms. The van der Waals surface area contributed by atoms with Crippen LogP contribution in [0.2, 0.25) is 0 Å². The second kappa shape index (κ2) is 7.51. The van der Waals surface area contributed by atoms with Gasteiger partial charge in [-0.3, -0.25) is 9.10 Å². The Morgan fingerprint density at radius 2 is 1.83 bits per heavy atom. The highest BCUT2D eigenvalue weighted by molar-refractivity contribution is 7.92. The molecule has 0 spiro atoms. The highest BCUT2D eigenvalue weighted by Gasteiger charge is 2.28. The van der Waals surface area contributed by atoms with E-state index in [-0.39, 0.29) is 18.1 Å². The van der Waals surface area contributed by atoms with Crippen molar-refractivity contribution in [3.8, 4) is 5.75 Å². The van der Waals surface area contributed by atoms with Crippen molar-refractivity contribution < 1.29 is 27.5 Å². The molecule has 0 unspecified atom stereocenters. The Morgan fingerprint density at radius 1 is 1.07 bits per heavy atom. The van der Waals surface area contributed by atoms with Crippen molar-refractivity contribution in [3.63, 3.8) is 0 Å². The Kier molecular flexibility index (Phi) is 5.04. The SMILES string of the molecule is CCS(=O)(=O)N1CCc2cc(C(=O)COC(=O)c3ccc4c(c3)CCO4)ccc21. The maximum absolute atomic E-state index is 12.5. The number of nitrogens with zero attached hydrogens (tertiary/aromatic N) is 1. The summed E-state index contributed by atoms with van der Waals surface area (Å²) in [4.78, 5) is 24.7. The summed E-state index contributed by atoms with van der Waals surface area (Å²) in [5, 5.41) is 0. The van der Waals surface area contributed by atoms with Crippen molar-refractivity contribution in [2.24, 2.45) is 0 Å². The normalized spacial score (nSPS) is 14.9. The van der Waals surface area contributed by atoms with E-state index >= 15 is 0 Å². The van der Waals surface area contributed by atoms with Gasteiger partial charge in [0.1, 0.15) is 5.75 Å². The van der Waals surface area contributed by atoms with Crippen molar-refractivity contribution in [2.45, 2.75) is 19.8 Å². The summed E-state index contributed by atoms with van der Waals surface area (Å²) in [6.45, 7) is 2.21. The molecule has 29 heavy (non-hydrogen) atoms. The lowest BCUT2D eigenvalue weighted by molar-refractivity contribution is 0.0474. The number of hydrogen-bond acceptors (Lipinski definition) is 6. The van der Waals surface area contributed by atoms with Crippen LogP contribution < -0.4 is 9.04 Å². The fourth-order valence-corrected chi connectivity index (χ4v) is 4.76. The molecule has 0 fully saturated rings. The van der Waals surface area contributed by atoms with Gasteiger partial charge in [-0.1, -0.05) is 0 Å². The van der Waals surface area contributed by atoms with Gasteiger partial charge in [0.2, 0.25) is 10.0 Å². The van der Waals surface area contributed by atoms with Crippen LogP contribution in [0.25, 0.3) is 0 Å². The summed E-state index contributed by atoms with van der Waals surface area (Å²) < 4.78 is 36.3. The summed E-state index contributed by atoms with van der Waals surface area (Å²) in [7, 11) is -3.33. The fourth-order valence-electron chi connectivity index (χ4n) is 3.60. The molecular weight excluding hydrogens is 394 g/mol. The maximum Gasteiger partial charge on any atom is 0.338 e. The number of Topliss-reactive ketones (excluding diaryl/α,β-unsaturated/α-hetero) is 1. The van der Waals surface area contributed by atoms with Gasteiger partial charge in [0.15, 0.2) is 12.4 Å². The molecule has 0 N–H and O–H groups in total. The molecule has 0 amide bonds. The third-order valence-electron chi connectivity index (χ3n) is 5.21. The topological polar surface area (TPSA) is 90.0 Å². The summed E-state index contributed by atoms with van der Waals surface area (Å²) >= 11 is 0. The monoisotopic (exact) mass is 415 g/mol. The van der Waals surface area contributed by atoms with E-state index in [1.54, 1.807) is 43.3 Å². The van der Waals surface area contributed by atoms with E-state index in [9.17, 15) is 18.0 Å². The highest BCUT2D eigenvalue weighted by atomic mass is 32.2. The van der Waals surface area contributed by atoms with Gasteiger partial charge in [0, 0.05) is 18.5 Å². The molecule has 7 nitrogen and oxygen atoms in total. The predicted octanol–water partition coefficient (Wildman–Crippen LogP) is 2.37. The number of benzene rings is 2. The second-order valence-electron chi connectivity index (χ2n) is 6.99. The molecule has 0 atom stereocenters. The average molecular weight is 415 g/mol. The van der Waals surface area contributed by atoms with Gasteiger partial charge >= 0.3 is 5.97 Å². The first-order valence-electron chi connectivity index (χ1n) is 9.48. The van der Waals surface area contributed by atoms with Gasteiger partial charge < -0.3 is 9.47 Å². The van der Waals surface area contributed by atoms with E-state index in [0.717, 1.165) is 23.3 Å². The summed E-state index contributed by atoms with van der Waals surface area (Å²) in [5.41, 5.74) is 3.15. The molecule has 2 aromatic rings. The molecule has 0 saturated carbocycles. The molecule has 0 aliphatic carbocycles. The summed E-state index contributed by atoms with van der Waals surface area (Å²) in [6, 6.07) is 9.99. The number of sulfonamides is 1. The minimum Gasteiger partial charge on any atom is -0.493 e.